The van der Waals surface area contributed by atoms with Crippen molar-refractivity contribution >= 4 is 28.1 Å². The van der Waals surface area contributed by atoms with Crippen LogP contribution in [0.1, 0.15) is 83.6 Å². The lowest BCUT2D eigenvalue weighted by Gasteiger charge is -2.30. The molecular weight excluding hydrogens is 564 g/mol. The Kier molecular flexibility index (Phi) is 6.70. The molecule has 0 bridgehead atoms. The van der Waals surface area contributed by atoms with Gasteiger partial charge in [0.2, 0.25) is 6.33 Å². The number of hydrogen-bond donors (Lipinski definition) is 0. The summed E-state index contributed by atoms with van der Waals surface area (Å²) in [6.45, 7) is 24.7. The van der Waals surface area contributed by atoms with E-state index < -0.39 is 5.41 Å². The molecule has 6 aromatic heterocycles. The van der Waals surface area contributed by atoms with Crippen LogP contribution < -0.4 is 0 Å². The minimum absolute atomic E-state index is 0.196. The molecule has 0 fully saturated rings. The smallest absolute Gasteiger partial charge is 0.300 e. The van der Waals surface area contributed by atoms with Crippen molar-refractivity contribution in [3.8, 4) is 17.7 Å². The molecule has 224 valence electrons. The third-order valence-electron chi connectivity index (χ3n) is 7.99. The van der Waals surface area contributed by atoms with Gasteiger partial charge in [-0.1, -0.05) is 48.1 Å². The summed E-state index contributed by atoms with van der Waals surface area (Å²) in [5.41, 5.74) is 4.77. The lowest BCUT2D eigenvalue weighted by molar-refractivity contribution is 0.555. The predicted octanol–water partition coefficient (Wildman–Crippen LogP) is 6.08. The van der Waals surface area contributed by atoms with Gasteiger partial charge in [0.15, 0.2) is 17.0 Å². The molecule has 12 heteroatoms. The Labute approximate surface area is 260 Å². The lowest BCUT2D eigenvalue weighted by Crippen LogP contribution is -2.26. The molecule has 0 aliphatic heterocycles. The number of hydrogen-bond acceptors (Lipinski definition) is 9. The monoisotopic (exact) mass is 596 g/mol. The van der Waals surface area contributed by atoms with E-state index >= 15 is 0 Å². The van der Waals surface area contributed by atoms with E-state index in [2.05, 4.69) is 108 Å². The summed E-state index contributed by atoms with van der Waals surface area (Å²) < 4.78 is 3.60. The molecule has 0 radical (unpaired) electrons. The summed E-state index contributed by atoms with van der Waals surface area (Å²) in [5, 5.41) is 9.56. The molecule has 6 rings (SSSR count). The highest BCUT2D eigenvalue weighted by atomic mass is 15.2. The summed E-state index contributed by atoms with van der Waals surface area (Å²) in [4.78, 5) is 39.8. The minimum atomic E-state index is -0.664. The van der Waals surface area contributed by atoms with Crippen LogP contribution in [0, 0.1) is 17.9 Å². The van der Waals surface area contributed by atoms with Crippen LogP contribution in [0.25, 0.3) is 38.8 Å². The van der Waals surface area contributed by atoms with Crippen molar-refractivity contribution in [2.75, 3.05) is 0 Å². The molecule has 6 aromatic rings. The van der Waals surface area contributed by atoms with E-state index in [-0.39, 0.29) is 22.3 Å². The molecule has 45 heavy (non-hydrogen) atoms. The van der Waals surface area contributed by atoms with Crippen molar-refractivity contribution in [1.29, 1.82) is 5.26 Å². The van der Waals surface area contributed by atoms with E-state index in [1.165, 1.54) is 12.7 Å². The molecule has 0 aliphatic rings. The van der Waals surface area contributed by atoms with Crippen molar-refractivity contribution in [3.63, 3.8) is 0 Å². The molecule has 0 saturated carbocycles. The van der Waals surface area contributed by atoms with Crippen LogP contribution in [0.4, 0.5) is 5.82 Å². The Morgan fingerprint density at radius 1 is 0.667 bits per heavy atom. The molecule has 12 nitrogen and oxygen atoms in total. The molecular formula is C33H32N12. The highest BCUT2D eigenvalue weighted by molar-refractivity contribution is 5.84. The van der Waals surface area contributed by atoms with Gasteiger partial charge in [-0.2, -0.15) is 10.2 Å². The topological polar surface area (TPSA) is 141 Å². The Morgan fingerprint density at radius 3 is 1.64 bits per heavy atom. The average Bonchev–Trinajstić information content (AvgIpc) is 3.64. The number of imidazole rings is 2. The van der Waals surface area contributed by atoms with Crippen LogP contribution in [0.5, 0.6) is 0 Å². The number of nitriles is 1. The summed E-state index contributed by atoms with van der Waals surface area (Å²) >= 11 is 0. The van der Waals surface area contributed by atoms with Crippen LogP contribution in [0.15, 0.2) is 49.6 Å². The summed E-state index contributed by atoms with van der Waals surface area (Å²) in [7, 11) is 0. The number of fused-ring (bicyclic) bond motifs is 2. The van der Waals surface area contributed by atoms with E-state index in [1.807, 2.05) is 12.1 Å². The van der Waals surface area contributed by atoms with Crippen LogP contribution in [0.3, 0.4) is 0 Å². The van der Waals surface area contributed by atoms with Gasteiger partial charge in [-0.15, -0.1) is 4.98 Å². The summed E-state index contributed by atoms with van der Waals surface area (Å²) in [6, 6.07) is 10.4. The maximum Gasteiger partial charge on any atom is 0.300 e. The number of nitrogens with zero attached hydrogens (tertiary/aromatic N) is 12. The van der Waals surface area contributed by atoms with Gasteiger partial charge in [0.05, 0.1) is 11.4 Å². The SMILES string of the molecule is [C-]#[N+]c1ncnc2c1ncn2-c1cc(C(C)(C)C)cc(C(C)(C)c2cc(C(C)(C)C)cc(-n3cnc4c(C#N)ncnc43)n2)n1. The maximum absolute atomic E-state index is 9.56. The standard InChI is InChI=1S/C33H32N12/c1-31(2,3)19-10-22(42-24(12-19)44-17-40-26-21(14-34)36-15-38-29(26)44)33(7,8)23-11-20(32(4,5)6)13-25(43-23)45-18-41-27-28(35-9)37-16-39-30(27)45/h10-13,15-18H,1-8H3. The second-order valence-electron chi connectivity index (χ2n) is 13.5. The van der Waals surface area contributed by atoms with E-state index in [1.54, 1.807) is 21.8 Å². The Balaban J connectivity index is 1.58. The first-order valence-corrected chi connectivity index (χ1v) is 14.4. The zero-order valence-corrected chi connectivity index (χ0v) is 26.5. The molecule has 0 aliphatic carbocycles. The fraction of sp³-hybridized carbons (Fsp3) is 0.333. The van der Waals surface area contributed by atoms with Crippen LogP contribution in [-0.2, 0) is 16.2 Å². The van der Waals surface area contributed by atoms with E-state index in [0.29, 0.717) is 34.0 Å². The Morgan fingerprint density at radius 2 is 1.16 bits per heavy atom. The first-order valence-electron chi connectivity index (χ1n) is 14.4. The first kappa shape index (κ1) is 29.5. The molecule has 6 heterocycles. The highest BCUT2D eigenvalue weighted by Crippen LogP contribution is 2.37. The molecule has 0 aromatic carbocycles. The van der Waals surface area contributed by atoms with Gasteiger partial charge in [-0.3, -0.25) is 9.13 Å². The summed E-state index contributed by atoms with van der Waals surface area (Å²) in [5.74, 6) is 1.46. The zero-order valence-electron chi connectivity index (χ0n) is 26.5. The first-order chi connectivity index (χ1) is 21.2. The number of aromatic nitrogens is 10. The fourth-order valence-electron chi connectivity index (χ4n) is 5.07. The van der Waals surface area contributed by atoms with Crippen molar-refractivity contribution < 1.29 is 0 Å². The quantitative estimate of drug-likeness (QED) is 0.221. The Hall–Kier alpha value is -5.62. The Bertz CT molecular complexity index is 2040. The van der Waals surface area contributed by atoms with E-state index in [9.17, 15) is 5.26 Å². The highest BCUT2D eigenvalue weighted by Gasteiger charge is 2.32. The molecule has 0 atom stereocenters. The molecule has 0 unspecified atom stereocenters. The number of rotatable bonds is 4. The van der Waals surface area contributed by atoms with Gasteiger partial charge in [-0.25, -0.2) is 29.9 Å². The molecule has 0 spiro atoms. The second kappa shape index (κ2) is 10.2. The lowest BCUT2D eigenvalue weighted by atomic mass is 9.78. The predicted molar refractivity (Wildman–Crippen MR) is 169 cm³/mol. The molecule has 0 saturated heterocycles. The van der Waals surface area contributed by atoms with Crippen LogP contribution in [-0.4, -0.2) is 49.0 Å². The molecule has 0 N–H and O–H groups in total. The third-order valence-corrected chi connectivity index (χ3v) is 7.99. The average molecular weight is 597 g/mol. The van der Waals surface area contributed by atoms with Crippen LogP contribution >= 0.6 is 0 Å². The van der Waals surface area contributed by atoms with Gasteiger partial charge >= 0.3 is 5.82 Å². The van der Waals surface area contributed by atoms with Crippen LogP contribution in [0.2, 0.25) is 0 Å². The third kappa shape index (κ3) is 5.04. The maximum atomic E-state index is 9.56. The number of pyridine rings is 2. The van der Waals surface area contributed by atoms with Gasteiger partial charge in [0.1, 0.15) is 47.7 Å². The normalized spacial score (nSPS) is 12.4. The molecule has 0 amide bonds. The zero-order chi connectivity index (χ0) is 32.3. The fourth-order valence-corrected chi connectivity index (χ4v) is 5.07. The van der Waals surface area contributed by atoms with Gasteiger partial charge < -0.3 is 4.85 Å². The van der Waals surface area contributed by atoms with Gasteiger partial charge in [-0.05, 0) is 60.1 Å². The van der Waals surface area contributed by atoms with Crippen molar-refractivity contribution in [1.82, 2.24) is 49.0 Å². The van der Waals surface area contributed by atoms with E-state index in [0.717, 1.165) is 22.5 Å². The van der Waals surface area contributed by atoms with Gasteiger partial charge in [0, 0.05) is 5.41 Å². The van der Waals surface area contributed by atoms with Gasteiger partial charge in [0.25, 0.3) is 0 Å². The summed E-state index contributed by atoms with van der Waals surface area (Å²) in [6.07, 6.45) is 6.01. The largest absolute Gasteiger partial charge is 0.359 e. The van der Waals surface area contributed by atoms with Crippen molar-refractivity contribution in [3.05, 3.63) is 89.2 Å². The minimum Gasteiger partial charge on any atom is -0.359 e. The van der Waals surface area contributed by atoms with E-state index in [4.69, 9.17) is 16.5 Å². The van der Waals surface area contributed by atoms with Crippen molar-refractivity contribution in [2.45, 2.75) is 71.6 Å². The second-order valence-corrected chi connectivity index (χ2v) is 13.5. The van der Waals surface area contributed by atoms with Crippen molar-refractivity contribution in [2.24, 2.45) is 0 Å².